The van der Waals surface area contributed by atoms with E-state index in [0.29, 0.717) is 0 Å². The first-order valence-corrected chi connectivity index (χ1v) is 5.16. The normalized spacial score (nSPS) is 10.9. The standard InChI is InChI=1S/C10H7N3S/c1-2-4-8(5-3-1)9-6-14-10-11-7-12-13(9)10/h1-7H. The highest BCUT2D eigenvalue weighted by Crippen LogP contribution is 2.23. The highest BCUT2D eigenvalue weighted by molar-refractivity contribution is 7.15. The molecule has 0 fully saturated rings. The van der Waals surface area contributed by atoms with E-state index in [9.17, 15) is 0 Å². The molecule has 0 amide bonds. The van der Waals surface area contributed by atoms with E-state index in [1.165, 1.54) is 5.56 Å². The lowest BCUT2D eigenvalue weighted by Crippen LogP contribution is -1.86. The summed E-state index contributed by atoms with van der Waals surface area (Å²) in [6.45, 7) is 0. The molecule has 3 aromatic rings. The van der Waals surface area contributed by atoms with Gasteiger partial charge in [-0.05, 0) is 0 Å². The predicted molar refractivity (Wildman–Crippen MR) is 56.3 cm³/mol. The Morgan fingerprint density at radius 2 is 2.00 bits per heavy atom. The van der Waals surface area contributed by atoms with E-state index in [4.69, 9.17) is 0 Å². The molecule has 68 valence electrons. The highest BCUT2D eigenvalue weighted by Gasteiger charge is 2.06. The fourth-order valence-electron chi connectivity index (χ4n) is 1.43. The van der Waals surface area contributed by atoms with Crippen LogP contribution in [0.4, 0.5) is 0 Å². The average Bonchev–Trinajstić information content (AvgIpc) is 2.79. The van der Waals surface area contributed by atoms with Gasteiger partial charge >= 0.3 is 0 Å². The van der Waals surface area contributed by atoms with Gasteiger partial charge in [0.15, 0.2) is 0 Å². The highest BCUT2D eigenvalue weighted by atomic mass is 32.1. The van der Waals surface area contributed by atoms with E-state index in [2.05, 4.69) is 27.6 Å². The van der Waals surface area contributed by atoms with Crippen LogP contribution in [0.5, 0.6) is 0 Å². The number of hydrogen-bond acceptors (Lipinski definition) is 3. The van der Waals surface area contributed by atoms with Crippen molar-refractivity contribution in [1.29, 1.82) is 0 Å². The van der Waals surface area contributed by atoms with Crippen LogP contribution in [0.25, 0.3) is 16.2 Å². The Hall–Kier alpha value is -1.68. The van der Waals surface area contributed by atoms with Gasteiger partial charge in [-0.3, -0.25) is 0 Å². The van der Waals surface area contributed by atoms with Crippen LogP contribution in [-0.4, -0.2) is 14.6 Å². The summed E-state index contributed by atoms with van der Waals surface area (Å²) in [6, 6.07) is 10.2. The summed E-state index contributed by atoms with van der Waals surface area (Å²) in [5, 5.41) is 6.25. The molecule has 0 atom stereocenters. The minimum Gasteiger partial charge on any atom is -0.206 e. The fraction of sp³-hybridized carbons (Fsp3) is 0. The van der Waals surface area contributed by atoms with Gasteiger partial charge in [-0.1, -0.05) is 30.3 Å². The van der Waals surface area contributed by atoms with Crippen molar-refractivity contribution in [3.05, 3.63) is 42.0 Å². The van der Waals surface area contributed by atoms with Crippen molar-refractivity contribution in [3.8, 4) is 11.3 Å². The Balaban J connectivity index is 2.28. The number of fused-ring (bicyclic) bond motifs is 1. The number of hydrogen-bond donors (Lipinski definition) is 0. The maximum Gasteiger partial charge on any atom is 0.212 e. The van der Waals surface area contributed by atoms with Gasteiger partial charge in [-0.25, -0.2) is 9.50 Å². The second kappa shape index (κ2) is 2.92. The molecule has 0 aliphatic heterocycles. The molecule has 0 spiro atoms. The summed E-state index contributed by atoms with van der Waals surface area (Å²) < 4.78 is 1.86. The van der Waals surface area contributed by atoms with Crippen LogP contribution in [0.2, 0.25) is 0 Å². The molecule has 0 N–H and O–H groups in total. The molecule has 0 saturated heterocycles. The summed E-state index contributed by atoms with van der Waals surface area (Å²) in [6.07, 6.45) is 1.58. The van der Waals surface area contributed by atoms with Crippen LogP contribution in [0, 0.1) is 0 Å². The van der Waals surface area contributed by atoms with Crippen molar-refractivity contribution in [1.82, 2.24) is 14.6 Å². The molecule has 2 heterocycles. The van der Waals surface area contributed by atoms with Gasteiger partial charge in [-0.2, -0.15) is 5.10 Å². The summed E-state index contributed by atoms with van der Waals surface area (Å²) in [5.41, 5.74) is 2.27. The van der Waals surface area contributed by atoms with Gasteiger partial charge in [0.1, 0.15) is 6.33 Å². The summed E-state index contributed by atoms with van der Waals surface area (Å²) >= 11 is 1.60. The van der Waals surface area contributed by atoms with E-state index in [0.717, 1.165) is 10.7 Å². The minimum absolute atomic E-state index is 0.934. The summed E-state index contributed by atoms with van der Waals surface area (Å²) in [5.74, 6) is 0. The fourth-order valence-corrected chi connectivity index (χ4v) is 2.24. The van der Waals surface area contributed by atoms with Gasteiger partial charge in [0.05, 0.1) is 5.69 Å². The minimum atomic E-state index is 0.934. The van der Waals surface area contributed by atoms with E-state index in [-0.39, 0.29) is 0 Å². The molecule has 2 aromatic heterocycles. The molecule has 4 heteroatoms. The lowest BCUT2D eigenvalue weighted by molar-refractivity contribution is 0.984. The molecule has 0 aliphatic rings. The first-order chi connectivity index (χ1) is 6.95. The van der Waals surface area contributed by atoms with Crippen LogP contribution < -0.4 is 0 Å². The van der Waals surface area contributed by atoms with Crippen LogP contribution >= 0.6 is 11.3 Å². The van der Waals surface area contributed by atoms with Crippen LogP contribution in [-0.2, 0) is 0 Å². The Morgan fingerprint density at radius 3 is 2.86 bits per heavy atom. The Bertz CT molecular complexity index is 553. The third-order valence-electron chi connectivity index (χ3n) is 2.09. The molecule has 1 aromatic carbocycles. The van der Waals surface area contributed by atoms with Gasteiger partial charge in [0.2, 0.25) is 4.96 Å². The van der Waals surface area contributed by atoms with Gasteiger partial charge in [-0.15, -0.1) is 11.3 Å². The second-order valence-corrected chi connectivity index (χ2v) is 3.78. The molecular formula is C10H7N3S. The first-order valence-electron chi connectivity index (χ1n) is 4.28. The SMILES string of the molecule is c1ccc(-c2csc3ncnn23)cc1. The quantitative estimate of drug-likeness (QED) is 0.605. The number of rotatable bonds is 1. The Morgan fingerprint density at radius 1 is 1.14 bits per heavy atom. The van der Waals surface area contributed by atoms with E-state index < -0.39 is 0 Å². The molecule has 0 bridgehead atoms. The van der Waals surface area contributed by atoms with Crippen molar-refractivity contribution in [3.63, 3.8) is 0 Å². The van der Waals surface area contributed by atoms with Crippen LogP contribution in [0.3, 0.4) is 0 Å². The van der Waals surface area contributed by atoms with Gasteiger partial charge < -0.3 is 0 Å². The largest absolute Gasteiger partial charge is 0.212 e. The monoisotopic (exact) mass is 201 g/mol. The van der Waals surface area contributed by atoms with Crippen molar-refractivity contribution < 1.29 is 0 Å². The molecule has 0 unspecified atom stereocenters. The summed E-state index contributed by atoms with van der Waals surface area (Å²) in [4.78, 5) is 5.07. The Labute approximate surface area is 84.7 Å². The number of benzene rings is 1. The molecule has 0 saturated carbocycles. The van der Waals surface area contributed by atoms with E-state index in [1.807, 2.05) is 22.7 Å². The lowest BCUT2D eigenvalue weighted by atomic mass is 10.2. The molecular weight excluding hydrogens is 194 g/mol. The van der Waals surface area contributed by atoms with Crippen molar-refractivity contribution in [2.45, 2.75) is 0 Å². The zero-order valence-electron chi connectivity index (χ0n) is 7.29. The predicted octanol–water partition coefficient (Wildman–Crippen LogP) is 2.46. The van der Waals surface area contributed by atoms with Crippen molar-refractivity contribution >= 4 is 16.3 Å². The maximum absolute atomic E-state index is 4.17. The zero-order valence-corrected chi connectivity index (χ0v) is 8.11. The Kier molecular flexibility index (Phi) is 1.61. The molecule has 0 aliphatic carbocycles. The molecule has 0 radical (unpaired) electrons. The van der Waals surface area contributed by atoms with Crippen LogP contribution in [0.1, 0.15) is 0 Å². The van der Waals surface area contributed by atoms with Crippen molar-refractivity contribution in [2.24, 2.45) is 0 Å². The molecule has 3 nitrogen and oxygen atoms in total. The summed E-state index contributed by atoms with van der Waals surface area (Å²) in [7, 11) is 0. The lowest BCUT2D eigenvalue weighted by Gasteiger charge is -1.96. The maximum atomic E-state index is 4.17. The molecule has 14 heavy (non-hydrogen) atoms. The van der Waals surface area contributed by atoms with E-state index in [1.54, 1.807) is 17.7 Å². The topological polar surface area (TPSA) is 30.2 Å². The average molecular weight is 201 g/mol. The van der Waals surface area contributed by atoms with Gasteiger partial charge in [0, 0.05) is 10.9 Å². The van der Waals surface area contributed by atoms with Crippen molar-refractivity contribution in [2.75, 3.05) is 0 Å². The third kappa shape index (κ3) is 1.04. The zero-order chi connectivity index (χ0) is 9.38. The second-order valence-electron chi connectivity index (χ2n) is 2.94. The third-order valence-corrected chi connectivity index (χ3v) is 2.92. The smallest absolute Gasteiger partial charge is 0.206 e. The van der Waals surface area contributed by atoms with Gasteiger partial charge in [0.25, 0.3) is 0 Å². The number of aromatic nitrogens is 3. The molecule has 3 rings (SSSR count). The van der Waals surface area contributed by atoms with Crippen LogP contribution in [0.15, 0.2) is 42.0 Å². The first kappa shape index (κ1) is 7.70. The van der Waals surface area contributed by atoms with E-state index >= 15 is 0 Å². The number of thiazole rings is 1. The number of nitrogens with zero attached hydrogens (tertiary/aromatic N) is 3.